The Hall–Kier alpha value is -3.34. The van der Waals surface area contributed by atoms with Crippen molar-refractivity contribution in [3.8, 4) is 16.9 Å². The summed E-state index contributed by atoms with van der Waals surface area (Å²) in [5.41, 5.74) is 4.50. The molecule has 0 aliphatic heterocycles. The lowest BCUT2D eigenvalue weighted by Gasteiger charge is -2.08. The van der Waals surface area contributed by atoms with E-state index in [-0.39, 0.29) is 0 Å². The summed E-state index contributed by atoms with van der Waals surface area (Å²) in [5, 5.41) is 8.90. The first-order valence-electron chi connectivity index (χ1n) is 9.05. The summed E-state index contributed by atoms with van der Waals surface area (Å²) in [6.07, 6.45) is 7.84. The molecule has 5 heteroatoms. The molecule has 4 rings (SSSR count). The van der Waals surface area contributed by atoms with Gasteiger partial charge in [-0.3, -0.25) is 9.36 Å². The number of aryl methyl sites for hydroxylation is 1. The number of nitrogens with zero attached hydrogens (tertiary/aromatic N) is 4. The number of rotatable bonds is 7. The molecule has 136 valence electrons. The lowest BCUT2D eigenvalue weighted by Crippen LogP contribution is -2.08. The van der Waals surface area contributed by atoms with E-state index in [1.54, 1.807) is 0 Å². The minimum absolute atomic E-state index is 0.583. The fourth-order valence-corrected chi connectivity index (χ4v) is 2.97. The zero-order chi connectivity index (χ0) is 18.5. The predicted molar refractivity (Wildman–Crippen MR) is 106 cm³/mol. The topological polar surface area (TPSA) is 44.9 Å². The van der Waals surface area contributed by atoms with Crippen LogP contribution in [0.4, 0.5) is 0 Å². The van der Waals surface area contributed by atoms with Gasteiger partial charge in [-0.05, 0) is 24.1 Å². The number of ether oxygens (including phenoxy) is 1. The van der Waals surface area contributed by atoms with Crippen LogP contribution in [0.25, 0.3) is 11.1 Å². The first-order valence-corrected chi connectivity index (χ1v) is 9.05. The molecule has 0 aliphatic rings. The van der Waals surface area contributed by atoms with E-state index in [1.807, 2.05) is 64.4 Å². The number of hydrogen-bond acceptors (Lipinski definition) is 3. The van der Waals surface area contributed by atoms with Gasteiger partial charge in [0.2, 0.25) is 0 Å². The standard InChI is InChI=1S/C22H22N4O/c1-18-7-5-6-10-22(18)27-12-11-25-16-20(13-23-25)21-14-24-26(17-21)15-19-8-3-2-4-9-19/h2-10,13-14,16-17H,11-12,15H2,1H3. The zero-order valence-corrected chi connectivity index (χ0v) is 15.3. The van der Waals surface area contributed by atoms with Crippen LogP contribution in [-0.2, 0) is 13.1 Å². The van der Waals surface area contributed by atoms with E-state index in [4.69, 9.17) is 4.74 Å². The van der Waals surface area contributed by atoms with Crippen molar-refractivity contribution in [3.63, 3.8) is 0 Å². The molecule has 2 aromatic heterocycles. The van der Waals surface area contributed by atoms with E-state index in [9.17, 15) is 0 Å². The number of benzene rings is 2. The Labute approximate surface area is 158 Å². The molecule has 4 aromatic rings. The molecule has 0 aliphatic carbocycles. The lowest BCUT2D eigenvalue weighted by molar-refractivity contribution is 0.289. The van der Waals surface area contributed by atoms with Crippen LogP contribution in [-0.4, -0.2) is 26.2 Å². The maximum atomic E-state index is 5.85. The van der Waals surface area contributed by atoms with Crippen LogP contribution in [0.5, 0.6) is 5.75 Å². The molecule has 0 spiro atoms. The fourth-order valence-electron chi connectivity index (χ4n) is 2.97. The summed E-state index contributed by atoms with van der Waals surface area (Å²) in [6.45, 7) is 4.10. The minimum atomic E-state index is 0.583. The largest absolute Gasteiger partial charge is 0.491 e. The number of aromatic nitrogens is 4. The second kappa shape index (κ2) is 7.91. The monoisotopic (exact) mass is 358 g/mol. The second-order valence-corrected chi connectivity index (χ2v) is 6.52. The first kappa shape index (κ1) is 17.1. The molecule has 0 N–H and O–H groups in total. The van der Waals surface area contributed by atoms with Gasteiger partial charge in [0.1, 0.15) is 12.4 Å². The third kappa shape index (κ3) is 4.26. The van der Waals surface area contributed by atoms with Crippen molar-refractivity contribution in [1.29, 1.82) is 0 Å². The Bertz CT molecular complexity index is 1000. The fraction of sp³-hybridized carbons (Fsp3) is 0.182. The van der Waals surface area contributed by atoms with Crippen LogP contribution < -0.4 is 4.74 Å². The quantitative estimate of drug-likeness (QED) is 0.498. The van der Waals surface area contributed by atoms with Crippen molar-refractivity contribution in [1.82, 2.24) is 19.6 Å². The molecule has 2 heterocycles. The van der Waals surface area contributed by atoms with Gasteiger partial charge in [-0.15, -0.1) is 0 Å². The van der Waals surface area contributed by atoms with Crippen LogP contribution in [0.3, 0.4) is 0 Å². The van der Waals surface area contributed by atoms with Crippen LogP contribution in [0, 0.1) is 6.92 Å². The maximum Gasteiger partial charge on any atom is 0.122 e. The SMILES string of the molecule is Cc1ccccc1OCCn1cc(-c2cnn(Cc3ccccc3)c2)cn1. The Morgan fingerprint density at radius 3 is 2.26 bits per heavy atom. The van der Waals surface area contributed by atoms with E-state index in [2.05, 4.69) is 41.5 Å². The third-order valence-electron chi connectivity index (χ3n) is 4.46. The molecular weight excluding hydrogens is 336 g/mol. The van der Waals surface area contributed by atoms with Crippen molar-refractivity contribution in [2.24, 2.45) is 0 Å². The van der Waals surface area contributed by atoms with Gasteiger partial charge in [-0.25, -0.2) is 0 Å². The van der Waals surface area contributed by atoms with Gasteiger partial charge in [-0.2, -0.15) is 10.2 Å². The summed E-state index contributed by atoms with van der Waals surface area (Å²) in [4.78, 5) is 0. The van der Waals surface area contributed by atoms with Gasteiger partial charge < -0.3 is 4.74 Å². The molecule has 0 amide bonds. The highest BCUT2D eigenvalue weighted by molar-refractivity contribution is 5.59. The van der Waals surface area contributed by atoms with Crippen molar-refractivity contribution in [3.05, 3.63) is 90.5 Å². The molecule has 0 saturated heterocycles. The lowest BCUT2D eigenvalue weighted by atomic mass is 10.2. The van der Waals surface area contributed by atoms with E-state index >= 15 is 0 Å². The van der Waals surface area contributed by atoms with Crippen LogP contribution in [0.1, 0.15) is 11.1 Å². The van der Waals surface area contributed by atoms with E-state index < -0.39 is 0 Å². The van der Waals surface area contributed by atoms with E-state index in [0.717, 1.165) is 29.0 Å². The molecule has 0 atom stereocenters. The summed E-state index contributed by atoms with van der Waals surface area (Å²) in [5.74, 6) is 0.923. The van der Waals surface area contributed by atoms with Crippen molar-refractivity contribution in [2.75, 3.05) is 6.61 Å². The van der Waals surface area contributed by atoms with Gasteiger partial charge in [0, 0.05) is 23.5 Å². The van der Waals surface area contributed by atoms with Crippen molar-refractivity contribution >= 4 is 0 Å². The summed E-state index contributed by atoms with van der Waals surface area (Å²) in [6, 6.07) is 18.4. The predicted octanol–water partition coefficient (Wildman–Crippen LogP) is 4.18. The highest BCUT2D eigenvalue weighted by atomic mass is 16.5. The highest BCUT2D eigenvalue weighted by Crippen LogP contribution is 2.19. The van der Waals surface area contributed by atoms with Gasteiger partial charge in [0.25, 0.3) is 0 Å². The Kier molecular flexibility index (Phi) is 5.01. The Morgan fingerprint density at radius 2 is 1.48 bits per heavy atom. The molecule has 0 unspecified atom stereocenters. The second-order valence-electron chi connectivity index (χ2n) is 6.52. The van der Waals surface area contributed by atoms with Gasteiger partial charge >= 0.3 is 0 Å². The van der Waals surface area contributed by atoms with Crippen LogP contribution in [0.15, 0.2) is 79.4 Å². The molecule has 27 heavy (non-hydrogen) atoms. The smallest absolute Gasteiger partial charge is 0.122 e. The van der Waals surface area contributed by atoms with Gasteiger partial charge in [-0.1, -0.05) is 48.5 Å². The van der Waals surface area contributed by atoms with Crippen molar-refractivity contribution < 1.29 is 4.74 Å². The normalized spacial score (nSPS) is 10.9. The first-order chi connectivity index (χ1) is 13.3. The third-order valence-corrected chi connectivity index (χ3v) is 4.46. The molecule has 0 saturated carbocycles. The van der Waals surface area contributed by atoms with Gasteiger partial charge in [0.15, 0.2) is 0 Å². The van der Waals surface area contributed by atoms with Gasteiger partial charge in [0.05, 0.1) is 25.5 Å². The summed E-state index contributed by atoms with van der Waals surface area (Å²) >= 11 is 0. The molecule has 2 aromatic carbocycles. The summed E-state index contributed by atoms with van der Waals surface area (Å²) in [7, 11) is 0. The molecular formula is C22H22N4O. The average molecular weight is 358 g/mol. The molecule has 0 radical (unpaired) electrons. The Balaban J connectivity index is 1.36. The summed E-state index contributed by atoms with van der Waals surface area (Å²) < 4.78 is 9.70. The van der Waals surface area contributed by atoms with E-state index in [1.165, 1.54) is 5.56 Å². The zero-order valence-electron chi connectivity index (χ0n) is 15.3. The number of hydrogen-bond donors (Lipinski definition) is 0. The molecule has 5 nitrogen and oxygen atoms in total. The van der Waals surface area contributed by atoms with Crippen LogP contribution >= 0.6 is 0 Å². The number of para-hydroxylation sites is 1. The van der Waals surface area contributed by atoms with Crippen LogP contribution in [0.2, 0.25) is 0 Å². The Morgan fingerprint density at radius 1 is 0.815 bits per heavy atom. The highest BCUT2D eigenvalue weighted by Gasteiger charge is 2.06. The van der Waals surface area contributed by atoms with Crippen molar-refractivity contribution in [2.45, 2.75) is 20.0 Å². The molecule has 0 fully saturated rings. The van der Waals surface area contributed by atoms with E-state index in [0.29, 0.717) is 13.2 Å². The minimum Gasteiger partial charge on any atom is -0.491 e. The molecule has 0 bridgehead atoms. The average Bonchev–Trinajstić information content (AvgIpc) is 3.34. The maximum absolute atomic E-state index is 5.85.